The molecule has 0 aromatic heterocycles. The van der Waals surface area contributed by atoms with Crippen molar-refractivity contribution in [2.75, 3.05) is 20.8 Å². The van der Waals surface area contributed by atoms with Gasteiger partial charge in [-0.2, -0.15) is 0 Å². The number of carbonyl (C=O) groups is 1. The molecule has 2 aliphatic heterocycles. The van der Waals surface area contributed by atoms with E-state index in [9.17, 15) is 10.0 Å². The second kappa shape index (κ2) is 8.03. The number of benzene rings is 1. The Balaban J connectivity index is 0.00000225. The molecule has 0 amide bonds. The van der Waals surface area contributed by atoms with Gasteiger partial charge in [-0.25, -0.2) is 0 Å². The second-order valence-corrected chi connectivity index (χ2v) is 7.39. The summed E-state index contributed by atoms with van der Waals surface area (Å²) in [5, 5.41) is 13.4. The van der Waals surface area contributed by atoms with Crippen molar-refractivity contribution < 1.29 is 19.5 Å². The standard InChI is InChI=1S/C21H26N2O4.ClH/c1-4-13-20(22-25)19-15(6-5-7-16(19)24)23-9-8-12-10-17(26-2)18(27-3)11-14(12)21(13)23;/h10-11,13,21,25H,4-9H2,1-3H3;1H/b22-20+;/t13-,21+;/m0./s1. The molecule has 7 heteroatoms. The number of nitrogens with zero attached hydrogens (tertiary/aromatic N) is 2. The van der Waals surface area contributed by atoms with Crippen molar-refractivity contribution in [3.8, 4) is 11.5 Å². The zero-order chi connectivity index (χ0) is 19.1. The van der Waals surface area contributed by atoms with E-state index in [-0.39, 0.29) is 30.2 Å². The lowest BCUT2D eigenvalue weighted by atomic mass is 9.72. The highest BCUT2D eigenvalue weighted by Gasteiger charge is 2.46. The van der Waals surface area contributed by atoms with Gasteiger partial charge in [0.15, 0.2) is 17.3 Å². The molecular weight excluding hydrogens is 380 g/mol. The first-order valence-corrected chi connectivity index (χ1v) is 9.64. The number of ether oxygens (including phenoxy) is 2. The Morgan fingerprint density at radius 2 is 1.89 bits per heavy atom. The van der Waals surface area contributed by atoms with Crippen molar-refractivity contribution in [2.45, 2.75) is 45.1 Å². The van der Waals surface area contributed by atoms with Crippen molar-refractivity contribution in [3.05, 3.63) is 34.5 Å². The Kier molecular flexibility index (Phi) is 5.89. The molecule has 2 heterocycles. The largest absolute Gasteiger partial charge is 0.493 e. The molecule has 0 unspecified atom stereocenters. The highest BCUT2D eigenvalue weighted by Crippen LogP contribution is 2.49. The summed E-state index contributed by atoms with van der Waals surface area (Å²) in [5.74, 6) is 1.51. The van der Waals surface area contributed by atoms with Crippen LogP contribution >= 0.6 is 12.4 Å². The first-order chi connectivity index (χ1) is 13.1. The number of hydrogen-bond donors (Lipinski definition) is 1. The lowest BCUT2D eigenvalue weighted by Crippen LogP contribution is -2.48. The number of rotatable bonds is 3. The lowest BCUT2D eigenvalue weighted by Gasteiger charge is -2.49. The summed E-state index contributed by atoms with van der Waals surface area (Å²) >= 11 is 0. The molecule has 6 nitrogen and oxygen atoms in total. The summed E-state index contributed by atoms with van der Waals surface area (Å²) in [6.45, 7) is 2.94. The zero-order valence-corrected chi connectivity index (χ0v) is 17.3. The third-order valence-corrected chi connectivity index (χ3v) is 6.19. The van der Waals surface area contributed by atoms with E-state index in [1.165, 1.54) is 11.1 Å². The van der Waals surface area contributed by atoms with Crippen LogP contribution in [0.2, 0.25) is 0 Å². The number of allylic oxidation sites excluding steroid dienone is 2. The summed E-state index contributed by atoms with van der Waals surface area (Å²) < 4.78 is 11.0. The topological polar surface area (TPSA) is 71.4 Å². The molecule has 4 rings (SSSR count). The van der Waals surface area contributed by atoms with E-state index < -0.39 is 0 Å². The van der Waals surface area contributed by atoms with Crippen LogP contribution < -0.4 is 9.47 Å². The number of oxime groups is 1. The van der Waals surface area contributed by atoms with Crippen molar-refractivity contribution >= 4 is 23.9 Å². The molecule has 0 saturated carbocycles. The maximum absolute atomic E-state index is 12.7. The summed E-state index contributed by atoms with van der Waals surface area (Å²) in [7, 11) is 3.29. The molecule has 1 N–H and O–H groups in total. The molecule has 0 saturated heterocycles. The van der Waals surface area contributed by atoms with Crippen LogP contribution in [0.4, 0.5) is 0 Å². The number of methoxy groups -OCH3 is 2. The smallest absolute Gasteiger partial charge is 0.166 e. The van der Waals surface area contributed by atoms with E-state index >= 15 is 0 Å². The van der Waals surface area contributed by atoms with Gasteiger partial charge in [0.05, 0.1) is 31.5 Å². The molecule has 1 aromatic carbocycles. The Morgan fingerprint density at radius 1 is 1.18 bits per heavy atom. The van der Waals surface area contributed by atoms with Gasteiger partial charge >= 0.3 is 0 Å². The molecule has 28 heavy (non-hydrogen) atoms. The highest BCUT2D eigenvalue weighted by molar-refractivity contribution is 6.24. The van der Waals surface area contributed by atoms with E-state index in [0.29, 0.717) is 23.5 Å². The highest BCUT2D eigenvalue weighted by atomic mass is 35.5. The fourth-order valence-corrected chi connectivity index (χ4v) is 4.99. The van der Waals surface area contributed by atoms with Gasteiger partial charge < -0.3 is 19.6 Å². The predicted molar refractivity (Wildman–Crippen MR) is 109 cm³/mol. The van der Waals surface area contributed by atoms with Crippen molar-refractivity contribution in [2.24, 2.45) is 11.1 Å². The van der Waals surface area contributed by atoms with Crippen LogP contribution in [0.1, 0.15) is 49.8 Å². The third-order valence-electron chi connectivity index (χ3n) is 6.19. The SMILES string of the molecule is CC[C@H]1/C(=N\O)C2=C(CCCC2=O)N2CCc3cc(OC)c(OC)cc3[C@@H]12.Cl. The normalized spacial score (nSPS) is 24.9. The van der Waals surface area contributed by atoms with Crippen LogP contribution in [0.25, 0.3) is 0 Å². The summed E-state index contributed by atoms with van der Waals surface area (Å²) in [6.07, 6.45) is 3.93. The number of ketones is 1. The van der Waals surface area contributed by atoms with E-state index in [0.717, 1.165) is 43.7 Å². The fraction of sp³-hybridized carbons (Fsp3) is 0.524. The van der Waals surface area contributed by atoms with Crippen molar-refractivity contribution in [3.63, 3.8) is 0 Å². The first-order valence-electron chi connectivity index (χ1n) is 9.64. The van der Waals surface area contributed by atoms with Crippen molar-refractivity contribution in [1.82, 2.24) is 4.90 Å². The Morgan fingerprint density at radius 3 is 2.54 bits per heavy atom. The van der Waals surface area contributed by atoms with Crippen molar-refractivity contribution in [1.29, 1.82) is 0 Å². The average molecular weight is 407 g/mol. The lowest BCUT2D eigenvalue weighted by molar-refractivity contribution is -0.116. The van der Waals surface area contributed by atoms with Gasteiger partial charge in [-0.1, -0.05) is 12.1 Å². The van der Waals surface area contributed by atoms with Crippen LogP contribution in [-0.4, -0.2) is 42.4 Å². The number of hydrogen-bond acceptors (Lipinski definition) is 6. The van der Waals surface area contributed by atoms with Gasteiger partial charge in [0.25, 0.3) is 0 Å². The molecule has 0 fully saturated rings. The minimum Gasteiger partial charge on any atom is -0.493 e. The maximum Gasteiger partial charge on any atom is 0.166 e. The van der Waals surface area contributed by atoms with Gasteiger partial charge in [0.1, 0.15) is 0 Å². The predicted octanol–water partition coefficient (Wildman–Crippen LogP) is 3.90. The van der Waals surface area contributed by atoms with E-state index in [1.54, 1.807) is 14.2 Å². The molecule has 0 spiro atoms. The van der Waals surface area contributed by atoms with E-state index in [4.69, 9.17) is 9.47 Å². The van der Waals surface area contributed by atoms with Gasteiger partial charge in [0.2, 0.25) is 0 Å². The quantitative estimate of drug-likeness (QED) is 0.608. The molecule has 1 aliphatic carbocycles. The van der Waals surface area contributed by atoms with Gasteiger partial charge in [-0.15, -0.1) is 12.4 Å². The first kappa shape index (κ1) is 20.5. The minimum atomic E-state index is -0.0343. The number of carbonyl (C=O) groups excluding carboxylic acids is 1. The monoisotopic (exact) mass is 406 g/mol. The number of halogens is 1. The summed E-state index contributed by atoms with van der Waals surface area (Å²) in [5.41, 5.74) is 4.68. The third kappa shape index (κ3) is 2.94. The van der Waals surface area contributed by atoms with E-state index in [1.807, 2.05) is 0 Å². The Bertz CT molecular complexity index is 849. The van der Waals surface area contributed by atoms with E-state index in [2.05, 4.69) is 29.1 Å². The van der Waals surface area contributed by atoms with Gasteiger partial charge in [-0.05, 0) is 48.9 Å². The minimum absolute atomic E-state index is 0. The average Bonchev–Trinajstić information content (AvgIpc) is 2.71. The molecule has 0 radical (unpaired) electrons. The molecule has 3 aliphatic rings. The molecule has 1 aromatic rings. The Labute approximate surface area is 171 Å². The second-order valence-electron chi connectivity index (χ2n) is 7.39. The van der Waals surface area contributed by atoms with Crippen LogP contribution in [0.3, 0.4) is 0 Å². The van der Waals surface area contributed by atoms with Crippen LogP contribution in [0.15, 0.2) is 28.6 Å². The van der Waals surface area contributed by atoms with Crippen LogP contribution in [0.5, 0.6) is 11.5 Å². The molecular formula is C21H27ClN2O4. The maximum atomic E-state index is 12.7. The van der Waals surface area contributed by atoms with Gasteiger partial charge in [-0.3, -0.25) is 4.79 Å². The molecule has 0 bridgehead atoms. The number of fused-ring (bicyclic) bond motifs is 4. The molecule has 152 valence electrons. The van der Waals surface area contributed by atoms with Gasteiger partial charge in [0, 0.05) is 24.6 Å². The number of Topliss-reactive ketones (excluding diaryl/α,β-unsaturated/α-hetero) is 1. The molecule has 2 atom stereocenters. The zero-order valence-electron chi connectivity index (χ0n) is 16.5. The summed E-state index contributed by atoms with van der Waals surface area (Å²) in [6, 6.07) is 4.16. The summed E-state index contributed by atoms with van der Waals surface area (Å²) in [4.78, 5) is 15.0. The fourth-order valence-electron chi connectivity index (χ4n) is 4.99. The van der Waals surface area contributed by atoms with Crippen LogP contribution in [0, 0.1) is 5.92 Å². The Hall–Kier alpha value is -2.21. The van der Waals surface area contributed by atoms with Crippen LogP contribution in [-0.2, 0) is 11.2 Å².